The first-order valence-corrected chi connectivity index (χ1v) is 7.38. The summed E-state index contributed by atoms with van der Waals surface area (Å²) in [5, 5.41) is 0. The number of nitrogens with zero attached hydrogens (tertiary/aromatic N) is 1. The quantitative estimate of drug-likeness (QED) is 0.762. The third-order valence-electron chi connectivity index (χ3n) is 3.68. The van der Waals surface area contributed by atoms with Gasteiger partial charge in [0.25, 0.3) is 5.91 Å². The van der Waals surface area contributed by atoms with E-state index in [9.17, 15) is 4.79 Å². The van der Waals surface area contributed by atoms with Gasteiger partial charge in [-0.2, -0.15) is 0 Å². The molecule has 0 unspecified atom stereocenters. The molecule has 0 spiro atoms. The van der Waals surface area contributed by atoms with Crippen LogP contribution >= 0.6 is 0 Å². The van der Waals surface area contributed by atoms with Crippen LogP contribution in [0.25, 0.3) is 0 Å². The van der Waals surface area contributed by atoms with E-state index in [2.05, 4.69) is 11.7 Å². The van der Waals surface area contributed by atoms with Crippen molar-refractivity contribution in [1.82, 2.24) is 0 Å². The minimum Gasteiger partial charge on any atom is -0.489 e. The van der Waals surface area contributed by atoms with Gasteiger partial charge >= 0.3 is 0 Å². The maximum absolute atomic E-state index is 11.9. The Morgan fingerprint density at radius 1 is 1.22 bits per heavy atom. The zero-order valence-corrected chi connectivity index (χ0v) is 13.7. The van der Waals surface area contributed by atoms with Crippen LogP contribution in [0.4, 0.5) is 0 Å². The van der Waals surface area contributed by atoms with Crippen molar-refractivity contribution in [3.05, 3.63) is 64.7 Å². The molecule has 0 bridgehead atoms. The monoisotopic (exact) mass is 311 g/mol. The summed E-state index contributed by atoms with van der Waals surface area (Å²) in [5.74, 6) is 0.425. The average Bonchev–Trinajstić information content (AvgIpc) is 2.57. The molecule has 120 valence electrons. The van der Waals surface area contributed by atoms with Gasteiger partial charge in [0.1, 0.15) is 12.4 Å². The summed E-state index contributed by atoms with van der Waals surface area (Å²) in [7, 11) is 1.48. The van der Waals surface area contributed by atoms with E-state index in [0.29, 0.717) is 6.61 Å². The summed E-state index contributed by atoms with van der Waals surface area (Å²) in [4.78, 5) is 15.3. The van der Waals surface area contributed by atoms with Crippen LogP contribution in [0, 0.1) is 13.8 Å². The standard InChI is InChI=1S/C19H21NO3/c1-13-9-10-14(2)17(11-13)23-12-15-7-5-6-8-16(15)18(22-4)19(21)20-3/h5-11,18H,3,12H2,1-2,4H3/t18-/m0/s1. The first-order valence-electron chi connectivity index (χ1n) is 7.38. The summed E-state index contributed by atoms with van der Waals surface area (Å²) < 4.78 is 11.2. The second kappa shape index (κ2) is 7.70. The Morgan fingerprint density at radius 3 is 2.65 bits per heavy atom. The highest BCUT2D eigenvalue weighted by atomic mass is 16.5. The Balaban J connectivity index is 2.25. The lowest BCUT2D eigenvalue weighted by Crippen LogP contribution is -2.15. The molecule has 2 rings (SSSR count). The molecule has 2 aromatic rings. The van der Waals surface area contributed by atoms with E-state index in [1.165, 1.54) is 7.11 Å². The van der Waals surface area contributed by atoms with E-state index < -0.39 is 12.0 Å². The third kappa shape index (κ3) is 4.05. The van der Waals surface area contributed by atoms with Crippen molar-refractivity contribution in [3.63, 3.8) is 0 Å². The fourth-order valence-corrected chi connectivity index (χ4v) is 2.38. The SMILES string of the molecule is C=NC(=O)[C@@H](OC)c1ccccc1COc1cc(C)ccc1C. The Morgan fingerprint density at radius 2 is 1.96 bits per heavy atom. The predicted octanol–water partition coefficient (Wildman–Crippen LogP) is 3.80. The number of amides is 1. The topological polar surface area (TPSA) is 47.9 Å². The number of carbonyl (C=O) groups excluding carboxylic acids is 1. The fraction of sp³-hybridized carbons (Fsp3) is 0.263. The molecule has 0 fully saturated rings. The maximum atomic E-state index is 11.9. The molecule has 0 radical (unpaired) electrons. The molecule has 1 atom stereocenters. The molecule has 0 saturated carbocycles. The second-order valence-electron chi connectivity index (χ2n) is 5.37. The predicted molar refractivity (Wildman–Crippen MR) is 91.0 cm³/mol. The van der Waals surface area contributed by atoms with Crippen LogP contribution in [-0.4, -0.2) is 19.7 Å². The highest BCUT2D eigenvalue weighted by Crippen LogP contribution is 2.25. The molecular weight excluding hydrogens is 290 g/mol. The van der Waals surface area contributed by atoms with Gasteiger partial charge in [-0.15, -0.1) is 0 Å². The van der Waals surface area contributed by atoms with Crippen LogP contribution in [0.5, 0.6) is 5.75 Å². The van der Waals surface area contributed by atoms with Crippen LogP contribution in [0.15, 0.2) is 47.5 Å². The number of ether oxygens (including phenoxy) is 2. The minimum absolute atomic E-state index is 0.352. The van der Waals surface area contributed by atoms with Crippen molar-refractivity contribution in [1.29, 1.82) is 0 Å². The molecule has 1 amide bonds. The second-order valence-corrected chi connectivity index (χ2v) is 5.37. The van der Waals surface area contributed by atoms with Crippen molar-refractivity contribution in [2.24, 2.45) is 4.99 Å². The minimum atomic E-state index is -0.758. The van der Waals surface area contributed by atoms with Crippen molar-refractivity contribution >= 4 is 12.6 Å². The largest absolute Gasteiger partial charge is 0.489 e. The molecule has 0 N–H and O–H groups in total. The van der Waals surface area contributed by atoms with Crippen LogP contribution in [0.2, 0.25) is 0 Å². The zero-order valence-electron chi connectivity index (χ0n) is 13.7. The van der Waals surface area contributed by atoms with Gasteiger partial charge in [-0.25, -0.2) is 4.99 Å². The van der Waals surface area contributed by atoms with Gasteiger partial charge in [-0.05, 0) is 48.9 Å². The Kier molecular flexibility index (Phi) is 5.66. The van der Waals surface area contributed by atoms with E-state index in [1.807, 2.05) is 56.3 Å². The van der Waals surface area contributed by atoms with Crippen molar-refractivity contribution in [3.8, 4) is 5.75 Å². The molecule has 0 heterocycles. The molecule has 23 heavy (non-hydrogen) atoms. The summed E-state index contributed by atoms with van der Waals surface area (Å²) in [6.07, 6.45) is -0.758. The van der Waals surface area contributed by atoms with E-state index in [-0.39, 0.29) is 0 Å². The highest BCUT2D eigenvalue weighted by Gasteiger charge is 2.21. The molecule has 2 aromatic carbocycles. The summed E-state index contributed by atoms with van der Waals surface area (Å²) in [5.41, 5.74) is 3.84. The summed E-state index contributed by atoms with van der Waals surface area (Å²) >= 11 is 0. The van der Waals surface area contributed by atoms with E-state index in [0.717, 1.165) is 28.0 Å². The normalized spacial score (nSPS) is 11.8. The van der Waals surface area contributed by atoms with E-state index in [1.54, 1.807) is 0 Å². The number of rotatable bonds is 6. The van der Waals surface area contributed by atoms with Gasteiger partial charge in [0.15, 0.2) is 6.10 Å². The first-order chi connectivity index (χ1) is 11.1. The smallest absolute Gasteiger partial charge is 0.278 e. The van der Waals surface area contributed by atoms with Crippen LogP contribution in [0.3, 0.4) is 0 Å². The number of benzene rings is 2. The molecule has 0 aliphatic rings. The molecule has 0 aliphatic heterocycles. The average molecular weight is 311 g/mol. The van der Waals surface area contributed by atoms with Crippen molar-refractivity contribution in [2.75, 3.05) is 7.11 Å². The highest BCUT2D eigenvalue weighted by molar-refractivity contribution is 5.86. The first kappa shape index (κ1) is 16.9. The van der Waals surface area contributed by atoms with Gasteiger partial charge in [0, 0.05) is 7.11 Å². The van der Waals surface area contributed by atoms with Crippen molar-refractivity contribution in [2.45, 2.75) is 26.6 Å². The zero-order chi connectivity index (χ0) is 16.8. The van der Waals surface area contributed by atoms with Crippen LogP contribution < -0.4 is 4.74 Å². The Labute approximate surface area is 136 Å². The summed E-state index contributed by atoms with van der Waals surface area (Å²) in [6.45, 7) is 7.67. The molecule has 0 saturated heterocycles. The Bertz CT molecular complexity index is 710. The Hall–Kier alpha value is -2.46. The lowest BCUT2D eigenvalue weighted by Gasteiger charge is -2.17. The van der Waals surface area contributed by atoms with Gasteiger partial charge < -0.3 is 9.47 Å². The number of aliphatic imine (C=N–C) groups is 1. The van der Waals surface area contributed by atoms with Crippen molar-refractivity contribution < 1.29 is 14.3 Å². The summed E-state index contributed by atoms with van der Waals surface area (Å²) in [6, 6.07) is 13.6. The molecule has 4 heteroatoms. The van der Waals surface area contributed by atoms with Gasteiger partial charge in [0.05, 0.1) is 0 Å². The van der Waals surface area contributed by atoms with Gasteiger partial charge in [-0.3, -0.25) is 4.79 Å². The van der Waals surface area contributed by atoms with E-state index in [4.69, 9.17) is 9.47 Å². The molecule has 0 aliphatic carbocycles. The number of carbonyl (C=O) groups is 1. The molecule has 4 nitrogen and oxygen atoms in total. The third-order valence-corrected chi connectivity index (χ3v) is 3.68. The van der Waals surface area contributed by atoms with Gasteiger partial charge in [-0.1, -0.05) is 36.4 Å². The maximum Gasteiger partial charge on any atom is 0.278 e. The lowest BCUT2D eigenvalue weighted by atomic mass is 10.0. The number of hydrogen-bond acceptors (Lipinski definition) is 3. The van der Waals surface area contributed by atoms with Crippen LogP contribution in [-0.2, 0) is 16.1 Å². The molecule has 0 aromatic heterocycles. The van der Waals surface area contributed by atoms with Crippen LogP contribution in [0.1, 0.15) is 28.4 Å². The van der Waals surface area contributed by atoms with E-state index >= 15 is 0 Å². The number of aryl methyl sites for hydroxylation is 2. The fourth-order valence-electron chi connectivity index (χ4n) is 2.38. The molecular formula is C19H21NO3. The number of methoxy groups -OCH3 is 1. The lowest BCUT2D eigenvalue weighted by molar-refractivity contribution is -0.127. The number of hydrogen-bond donors (Lipinski definition) is 0. The van der Waals surface area contributed by atoms with Gasteiger partial charge in [0.2, 0.25) is 0 Å².